The molecule has 0 spiro atoms. The number of amides is 1. The van der Waals surface area contributed by atoms with Crippen LogP contribution in [0.5, 0.6) is 0 Å². The van der Waals surface area contributed by atoms with Gasteiger partial charge < -0.3 is 5.32 Å². The predicted octanol–water partition coefficient (Wildman–Crippen LogP) is 4.63. The van der Waals surface area contributed by atoms with Crippen molar-refractivity contribution in [3.63, 3.8) is 0 Å². The van der Waals surface area contributed by atoms with Gasteiger partial charge in [0, 0.05) is 18.3 Å². The van der Waals surface area contributed by atoms with Gasteiger partial charge in [0.2, 0.25) is 0 Å². The van der Waals surface area contributed by atoms with Crippen LogP contribution in [0.2, 0.25) is 0 Å². The number of carbonyl (C=O) groups excluding carboxylic acids is 1. The van der Waals surface area contributed by atoms with Crippen molar-refractivity contribution in [2.45, 2.75) is 25.2 Å². The summed E-state index contributed by atoms with van der Waals surface area (Å²) in [4.78, 5) is 13.0. The summed E-state index contributed by atoms with van der Waals surface area (Å²) in [7, 11) is -2.23. The van der Waals surface area contributed by atoms with Crippen LogP contribution in [0.25, 0.3) is 0 Å². The van der Waals surface area contributed by atoms with E-state index in [1.54, 1.807) is 54.6 Å². The minimum Gasteiger partial charge on any atom is -0.321 e. The number of nitrogens with one attached hydrogen (secondary N) is 1. The number of sulfonamides is 1. The van der Waals surface area contributed by atoms with E-state index >= 15 is 0 Å². The van der Waals surface area contributed by atoms with E-state index in [0.717, 1.165) is 23.2 Å². The van der Waals surface area contributed by atoms with E-state index in [0.29, 0.717) is 11.3 Å². The van der Waals surface area contributed by atoms with Gasteiger partial charge in [-0.1, -0.05) is 49.4 Å². The van der Waals surface area contributed by atoms with Crippen molar-refractivity contribution >= 4 is 27.3 Å². The standard InChI is InChI=1S/C23H24N2O3S/c1-4-18-11-8-10-17(2)22(18)24-23(26)19-12-9-13-20(16-19)25(3)29(27,28)21-14-6-5-7-15-21/h5-16H,4H2,1-3H3,(H,24,26). The maximum atomic E-state index is 12.9. The number of hydrogen-bond acceptors (Lipinski definition) is 3. The van der Waals surface area contributed by atoms with Gasteiger partial charge in [0.25, 0.3) is 15.9 Å². The smallest absolute Gasteiger partial charge is 0.264 e. The molecule has 0 saturated heterocycles. The second kappa shape index (κ2) is 8.49. The van der Waals surface area contributed by atoms with Gasteiger partial charge in [0.15, 0.2) is 0 Å². The van der Waals surface area contributed by atoms with Gasteiger partial charge in [0.05, 0.1) is 10.6 Å². The molecule has 150 valence electrons. The number of aryl methyl sites for hydroxylation is 2. The highest BCUT2D eigenvalue weighted by Gasteiger charge is 2.22. The molecule has 0 saturated carbocycles. The molecule has 0 atom stereocenters. The quantitative estimate of drug-likeness (QED) is 0.646. The fraction of sp³-hybridized carbons (Fsp3) is 0.174. The lowest BCUT2D eigenvalue weighted by molar-refractivity contribution is 0.102. The highest BCUT2D eigenvalue weighted by molar-refractivity contribution is 7.92. The summed E-state index contributed by atoms with van der Waals surface area (Å²) in [5.41, 5.74) is 3.65. The van der Waals surface area contributed by atoms with E-state index < -0.39 is 10.0 Å². The van der Waals surface area contributed by atoms with E-state index in [9.17, 15) is 13.2 Å². The number of para-hydroxylation sites is 1. The summed E-state index contributed by atoms with van der Waals surface area (Å²) in [5, 5.41) is 2.98. The summed E-state index contributed by atoms with van der Waals surface area (Å²) in [6.45, 7) is 3.99. The largest absolute Gasteiger partial charge is 0.321 e. The summed E-state index contributed by atoms with van der Waals surface area (Å²) >= 11 is 0. The minimum absolute atomic E-state index is 0.199. The monoisotopic (exact) mass is 408 g/mol. The number of rotatable bonds is 6. The zero-order chi connectivity index (χ0) is 21.0. The third-order valence-electron chi connectivity index (χ3n) is 4.85. The van der Waals surface area contributed by atoms with E-state index in [2.05, 4.69) is 5.32 Å². The molecule has 3 aromatic carbocycles. The van der Waals surface area contributed by atoms with Gasteiger partial charge in [-0.05, 0) is 54.8 Å². The van der Waals surface area contributed by atoms with Gasteiger partial charge >= 0.3 is 0 Å². The van der Waals surface area contributed by atoms with Crippen LogP contribution < -0.4 is 9.62 Å². The molecule has 0 fully saturated rings. The number of nitrogens with zero attached hydrogens (tertiary/aromatic N) is 1. The molecule has 0 bridgehead atoms. The summed E-state index contributed by atoms with van der Waals surface area (Å²) in [6, 6.07) is 20.7. The molecule has 1 N–H and O–H groups in total. The Balaban J connectivity index is 1.89. The summed E-state index contributed by atoms with van der Waals surface area (Å²) in [6.07, 6.45) is 0.801. The molecular formula is C23H24N2O3S. The van der Waals surface area contributed by atoms with Crippen molar-refractivity contribution in [2.75, 3.05) is 16.7 Å². The van der Waals surface area contributed by atoms with Crippen LogP contribution in [0.3, 0.4) is 0 Å². The first-order valence-electron chi connectivity index (χ1n) is 9.38. The van der Waals surface area contributed by atoms with Crippen LogP contribution in [-0.4, -0.2) is 21.4 Å². The molecule has 5 nitrogen and oxygen atoms in total. The number of anilines is 2. The summed E-state index contributed by atoms with van der Waals surface area (Å²) < 4.78 is 26.9. The normalized spacial score (nSPS) is 11.1. The Morgan fingerprint density at radius 2 is 1.66 bits per heavy atom. The molecule has 0 aliphatic rings. The Kier molecular flexibility index (Phi) is 6.03. The molecule has 0 aromatic heterocycles. The van der Waals surface area contributed by atoms with Crippen molar-refractivity contribution < 1.29 is 13.2 Å². The first kappa shape index (κ1) is 20.6. The first-order valence-corrected chi connectivity index (χ1v) is 10.8. The van der Waals surface area contributed by atoms with Gasteiger partial charge in [-0.25, -0.2) is 8.42 Å². The van der Waals surface area contributed by atoms with Crippen LogP contribution in [0.4, 0.5) is 11.4 Å². The Morgan fingerprint density at radius 3 is 2.34 bits per heavy atom. The zero-order valence-electron chi connectivity index (χ0n) is 16.7. The van der Waals surface area contributed by atoms with Crippen molar-refractivity contribution in [1.82, 2.24) is 0 Å². The van der Waals surface area contributed by atoms with Crippen LogP contribution in [0.1, 0.15) is 28.4 Å². The highest BCUT2D eigenvalue weighted by Crippen LogP contribution is 2.25. The molecule has 3 aromatic rings. The van der Waals surface area contributed by atoms with E-state index in [4.69, 9.17) is 0 Å². The minimum atomic E-state index is -3.71. The molecule has 0 radical (unpaired) electrons. The van der Waals surface area contributed by atoms with Crippen LogP contribution in [0.15, 0.2) is 77.7 Å². The second-order valence-corrected chi connectivity index (χ2v) is 8.72. The average Bonchev–Trinajstić information content (AvgIpc) is 2.75. The van der Waals surface area contributed by atoms with E-state index in [-0.39, 0.29) is 10.8 Å². The SMILES string of the molecule is CCc1cccc(C)c1NC(=O)c1cccc(N(C)S(=O)(=O)c2ccccc2)c1. The number of hydrogen-bond donors (Lipinski definition) is 1. The predicted molar refractivity (Wildman–Crippen MR) is 117 cm³/mol. The van der Waals surface area contributed by atoms with Gasteiger partial charge in [-0.3, -0.25) is 9.10 Å². The zero-order valence-corrected chi connectivity index (χ0v) is 17.5. The molecule has 0 unspecified atom stereocenters. The lowest BCUT2D eigenvalue weighted by Gasteiger charge is -2.20. The fourth-order valence-electron chi connectivity index (χ4n) is 3.12. The molecule has 0 heterocycles. The molecule has 1 amide bonds. The van der Waals surface area contributed by atoms with Crippen LogP contribution >= 0.6 is 0 Å². The molecule has 0 aliphatic heterocycles. The van der Waals surface area contributed by atoms with Gasteiger partial charge in [0.1, 0.15) is 0 Å². The number of carbonyl (C=O) groups is 1. The second-order valence-electron chi connectivity index (χ2n) is 6.75. The highest BCUT2D eigenvalue weighted by atomic mass is 32.2. The average molecular weight is 409 g/mol. The lowest BCUT2D eigenvalue weighted by atomic mass is 10.1. The maximum absolute atomic E-state index is 12.9. The molecule has 3 rings (SSSR count). The van der Waals surface area contributed by atoms with Crippen molar-refractivity contribution in [1.29, 1.82) is 0 Å². The number of benzene rings is 3. The third kappa shape index (κ3) is 4.32. The summed E-state index contributed by atoms with van der Waals surface area (Å²) in [5.74, 6) is -0.277. The maximum Gasteiger partial charge on any atom is 0.264 e. The van der Waals surface area contributed by atoms with Crippen molar-refractivity contribution in [2.24, 2.45) is 0 Å². The molecule has 6 heteroatoms. The molecular weight excluding hydrogens is 384 g/mol. The lowest BCUT2D eigenvalue weighted by Crippen LogP contribution is -2.26. The van der Waals surface area contributed by atoms with Crippen LogP contribution in [-0.2, 0) is 16.4 Å². The molecule has 0 aliphatic carbocycles. The fourth-order valence-corrected chi connectivity index (χ4v) is 4.33. The Labute approximate surface area is 172 Å². The van der Waals surface area contributed by atoms with E-state index in [1.165, 1.54) is 11.4 Å². The topological polar surface area (TPSA) is 66.5 Å². The van der Waals surface area contributed by atoms with Gasteiger partial charge in [-0.2, -0.15) is 0 Å². The Hall–Kier alpha value is -3.12. The third-order valence-corrected chi connectivity index (χ3v) is 6.65. The Morgan fingerprint density at radius 1 is 0.966 bits per heavy atom. The van der Waals surface area contributed by atoms with Crippen molar-refractivity contribution in [3.8, 4) is 0 Å². The van der Waals surface area contributed by atoms with Crippen molar-refractivity contribution in [3.05, 3.63) is 89.5 Å². The molecule has 29 heavy (non-hydrogen) atoms. The van der Waals surface area contributed by atoms with Gasteiger partial charge in [-0.15, -0.1) is 0 Å². The van der Waals surface area contributed by atoms with E-state index in [1.807, 2.05) is 32.0 Å². The first-order chi connectivity index (χ1) is 13.8. The Bertz CT molecular complexity index is 1130. The van der Waals surface area contributed by atoms with Crippen LogP contribution in [0, 0.1) is 6.92 Å².